The fourth-order valence-electron chi connectivity index (χ4n) is 3.10. The molecule has 1 aromatic carbocycles. The number of hydrogen-bond acceptors (Lipinski definition) is 4. The summed E-state index contributed by atoms with van der Waals surface area (Å²) >= 11 is 0. The van der Waals surface area contributed by atoms with Crippen LogP contribution in [-0.4, -0.2) is 57.1 Å². The minimum absolute atomic E-state index is 0.217. The largest absolute Gasteiger partial charge is 0.378 e. The Balaban J connectivity index is 1.84. The van der Waals surface area contributed by atoms with E-state index in [0.717, 1.165) is 38.4 Å². The van der Waals surface area contributed by atoms with Gasteiger partial charge in [-0.1, -0.05) is 32.9 Å². The lowest BCUT2D eigenvalue weighted by Crippen LogP contribution is -2.36. The van der Waals surface area contributed by atoms with Gasteiger partial charge >= 0.3 is 0 Å². The molecule has 0 atom stereocenters. The van der Waals surface area contributed by atoms with Gasteiger partial charge in [0.1, 0.15) is 0 Å². The second kappa shape index (κ2) is 7.93. The van der Waals surface area contributed by atoms with Gasteiger partial charge in [0.25, 0.3) is 0 Å². The molecule has 1 saturated heterocycles. The quantitative estimate of drug-likeness (QED) is 0.807. The van der Waals surface area contributed by atoms with Gasteiger partial charge in [-0.05, 0) is 30.2 Å². The lowest BCUT2D eigenvalue weighted by Gasteiger charge is -2.29. The molecule has 1 fully saturated rings. The molecular formula is C19H30N2O2. The molecule has 4 heteroatoms. The van der Waals surface area contributed by atoms with Crippen LogP contribution in [-0.2, 0) is 16.0 Å². The summed E-state index contributed by atoms with van der Waals surface area (Å²) in [6.45, 7) is 11.5. The van der Waals surface area contributed by atoms with Crippen LogP contribution in [0.15, 0.2) is 24.3 Å². The first-order chi connectivity index (χ1) is 10.8. The Morgan fingerprint density at radius 1 is 1.17 bits per heavy atom. The third kappa shape index (κ3) is 6.32. The second-order valence-corrected chi connectivity index (χ2v) is 7.71. The van der Waals surface area contributed by atoms with Crippen molar-refractivity contribution in [1.82, 2.24) is 4.90 Å². The monoisotopic (exact) mass is 318 g/mol. The molecular weight excluding hydrogens is 288 g/mol. The van der Waals surface area contributed by atoms with Crippen molar-refractivity contribution in [1.29, 1.82) is 0 Å². The van der Waals surface area contributed by atoms with Crippen LogP contribution in [0.1, 0.15) is 26.3 Å². The summed E-state index contributed by atoms with van der Waals surface area (Å²) in [4.78, 5) is 16.7. The van der Waals surface area contributed by atoms with Crippen molar-refractivity contribution in [2.24, 2.45) is 5.41 Å². The molecule has 0 N–H and O–H groups in total. The lowest BCUT2D eigenvalue weighted by molar-refractivity contribution is -0.119. The van der Waals surface area contributed by atoms with Crippen molar-refractivity contribution in [3.8, 4) is 0 Å². The Morgan fingerprint density at radius 2 is 1.78 bits per heavy atom. The van der Waals surface area contributed by atoms with Crippen LogP contribution in [0.5, 0.6) is 0 Å². The van der Waals surface area contributed by atoms with Crippen molar-refractivity contribution >= 4 is 11.5 Å². The maximum absolute atomic E-state index is 12.2. The number of Topliss-reactive ketones (excluding diaryl/α,β-unsaturated/α-hetero) is 1. The minimum atomic E-state index is 0.217. The number of ketones is 1. The molecule has 1 heterocycles. The number of benzene rings is 1. The van der Waals surface area contributed by atoms with E-state index in [4.69, 9.17) is 4.74 Å². The molecule has 0 unspecified atom stereocenters. The highest BCUT2D eigenvalue weighted by atomic mass is 16.5. The van der Waals surface area contributed by atoms with Gasteiger partial charge in [-0.2, -0.15) is 0 Å². The second-order valence-electron chi connectivity index (χ2n) is 7.71. The van der Waals surface area contributed by atoms with Gasteiger partial charge in [-0.3, -0.25) is 9.69 Å². The lowest BCUT2D eigenvalue weighted by atomic mass is 9.96. The maximum Gasteiger partial charge on any atom is 0.151 e. The van der Waals surface area contributed by atoms with E-state index >= 15 is 0 Å². The summed E-state index contributed by atoms with van der Waals surface area (Å²) in [6.07, 6.45) is 0.512. The molecule has 128 valence electrons. The highest BCUT2D eigenvalue weighted by molar-refractivity contribution is 5.82. The van der Waals surface area contributed by atoms with Crippen molar-refractivity contribution in [3.63, 3.8) is 0 Å². The molecule has 0 spiro atoms. The summed E-state index contributed by atoms with van der Waals surface area (Å²) < 4.78 is 5.38. The summed E-state index contributed by atoms with van der Waals surface area (Å²) in [5, 5.41) is 0. The van der Waals surface area contributed by atoms with Crippen molar-refractivity contribution in [2.45, 2.75) is 27.2 Å². The van der Waals surface area contributed by atoms with Crippen molar-refractivity contribution in [2.75, 3.05) is 51.3 Å². The molecule has 23 heavy (non-hydrogen) atoms. The van der Waals surface area contributed by atoms with E-state index in [1.54, 1.807) is 0 Å². The van der Waals surface area contributed by atoms with Crippen molar-refractivity contribution < 1.29 is 9.53 Å². The van der Waals surface area contributed by atoms with E-state index in [-0.39, 0.29) is 11.2 Å². The number of likely N-dealkylation sites (N-methyl/N-ethyl adjacent to an activating group) is 1. The number of morpholine rings is 1. The average Bonchev–Trinajstić information content (AvgIpc) is 2.46. The van der Waals surface area contributed by atoms with E-state index in [9.17, 15) is 4.79 Å². The molecule has 0 amide bonds. The SMILES string of the molecule is CN(CC(=O)Cc1ccc(N2CCOCC2)cc1)CC(C)(C)C. The molecule has 1 aliphatic heterocycles. The normalized spacial score (nSPS) is 16.0. The van der Waals surface area contributed by atoms with E-state index in [0.29, 0.717) is 13.0 Å². The highest BCUT2D eigenvalue weighted by Crippen LogP contribution is 2.17. The predicted molar refractivity (Wildman–Crippen MR) is 95.1 cm³/mol. The molecule has 1 aliphatic rings. The van der Waals surface area contributed by atoms with E-state index in [1.807, 2.05) is 7.05 Å². The summed E-state index contributed by atoms with van der Waals surface area (Å²) in [6, 6.07) is 8.39. The zero-order chi connectivity index (χ0) is 16.9. The van der Waals surface area contributed by atoms with Crippen molar-refractivity contribution in [3.05, 3.63) is 29.8 Å². The zero-order valence-corrected chi connectivity index (χ0v) is 15.0. The number of hydrogen-bond donors (Lipinski definition) is 0. The Morgan fingerprint density at radius 3 is 2.35 bits per heavy atom. The van der Waals surface area contributed by atoms with Gasteiger partial charge in [0.05, 0.1) is 19.8 Å². The van der Waals surface area contributed by atoms with E-state index in [1.165, 1.54) is 5.69 Å². The van der Waals surface area contributed by atoms with Gasteiger partial charge in [0.15, 0.2) is 5.78 Å². The first-order valence-electron chi connectivity index (χ1n) is 8.45. The number of nitrogens with zero attached hydrogens (tertiary/aromatic N) is 2. The van der Waals surface area contributed by atoms with Crippen LogP contribution >= 0.6 is 0 Å². The third-order valence-electron chi connectivity index (χ3n) is 3.90. The summed E-state index contributed by atoms with van der Waals surface area (Å²) in [5.74, 6) is 0.274. The first-order valence-corrected chi connectivity index (χ1v) is 8.45. The Hall–Kier alpha value is -1.39. The maximum atomic E-state index is 12.2. The third-order valence-corrected chi connectivity index (χ3v) is 3.90. The van der Waals surface area contributed by atoms with Crippen LogP contribution in [0.2, 0.25) is 0 Å². The van der Waals surface area contributed by atoms with Crippen LogP contribution in [0.4, 0.5) is 5.69 Å². The van der Waals surface area contributed by atoms with E-state index in [2.05, 4.69) is 54.8 Å². The van der Waals surface area contributed by atoms with E-state index < -0.39 is 0 Å². The number of anilines is 1. The average molecular weight is 318 g/mol. The highest BCUT2D eigenvalue weighted by Gasteiger charge is 2.16. The Labute approximate surface area is 140 Å². The van der Waals surface area contributed by atoms with Crippen LogP contribution in [0.25, 0.3) is 0 Å². The Kier molecular flexibility index (Phi) is 6.19. The van der Waals surface area contributed by atoms with Crippen LogP contribution in [0, 0.1) is 5.41 Å². The number of carbonyl (C=O) groups is 1. The fourth-order valence-corrected chi connectivity index (χ4v) is 3.10. The number of carbonyl (C=O) groups excluding carboxylic acids is 1. The standard InChI is InChI=1S/C19H30N2O2/c1-19(2,3)15-20(4)14-18(22)13-16-5-7-17(8-6-16)21-9-11-23-12-10-21/h5-8H,9-15H2,1-4H3. The van der Waals surface area contributed by atoms with Gasteiger partial charge in [0.2, 0.25) is 0 Å². The minimum Gasteiger partial charge on any atom is -0.378 e. The van der Waals surface area contributed by atoms with Gasteiger partial charge in [0, 0.05) is 31.7 Å². The van der Waals surface area contributed by atoms with Gasteiger partial charge in [-0.15, -0.1) is 0 Å². The molecule has 0 bridgehead atoms. The van der Waals surface area contributed by atoms with Crippen LogP contribution in [0.3, 0.4) is 0 Å². The predicted octanol–water partition coefficient (Wildman–Crippen LogP) is 2.61. The summed E-state index contributed by atoms with van der Waals surface area (Å²) in [5.41, 5.74) is 2.53. The fraction of sp³-hybridized carbons (Fsp3) is 0.632. The molecule has 0 aliphatic carbocycles. The molecule has 0 aromatic heterocycles. The molecule has 4 nitrogen and oxygen atoms in total. The zero-order valence-electron chi connectivity index (χ0n) is 15.0. The smallest absolute Gasteiger partial charge is 0.151 e. The summed E-state index contributed by atoms with van der Waals surface area (Å²) in [7, 11) is 2.02. The topological polar surface area (TPSA) is 32.8 Å². The van der Waals surface area contributed by atoms with Crippen LogP contribution < -0.4 is 4.90 Å². The first kappa shape index (κ1) is 18.0. The molecule has 2 rings (SSSR count). The number of ether oxygens (including phenoxy) is 1. The number of rotatable bonds is 6. The van der Waals surface area contributed by atoms with Gasteiger partial charge in [-0.25, -0.2) is 0 Å². The van der Waals surface area contributed by atoms with Gasteiger partial charge < -0.3 is 9.64 Å². The molecule has 0 radical (unpaired) electrons. The Bertz CT molecular complexity index is 499. The molecule has 0 saturated carbocycles. The molecule has 1 aromatic rings.